The minimum absolute atomic E-state index is 0.336. The molecule has 246 valence electrons. The molecular formula is C23H29F9N4O7. The Morgan fingerprint density at radius 2 is 1.33 bits per heavy atom. The first-order valence-electron chi connectivity index (χ1n) is 12.0. The maximum atomic E-state index is 12.3. The number of hydrogen-bond donors (Lipinski definition) is 3. The average Bonchev–Trinajstić information content (AvgIpc) is 3.26. The molecule has 0 spiro atoms. The molecule has 0 radical (unpaired) electrons. The highest BCUT2D eigenvalue weighted by Crippen LogP contribution is 2.32. The Balaban J connectivity index is 0.000000690. The first-order valence-corrected chi connectivity index (χ1v) is 12.0. The van der Waals surface area contributed by atoms with Gasteiger partial charge in [-0.2, -0.15) is 39.5 Å². The Bertz CT molecular complexity index is 995. The van der Waals surface area contributed by atoms with E-state index < -0.39 is 36.4 Å². The number of amides is 1. The molecule has 11 nitrogen and oxygen atoms in total. The summed E-state index contributed by atoms with van der Waals surface area (Å²) in [5.41, 5.74) is 1.12. The first kappa shape index (κ1) is 39.3. The molecule has 0 aliphatic carbocycles. The van der Waals surface area contributed by atoms with Crippen LogP contribution in [0.5, 0.6) is 0 Å². The first-order chi connectivity index (χ1) is 19.5. The lowest BCUT2D eigenvalue weighted by Crippen LogP contribution is -2.53. The number of likely N-dealkylation sites (N-methyl/N-ethyl adjacent to an activating group) is 1. The topological polar surface area (TPSA) is 152 Å². The summed E-state index contributed by atoms with van der Waals surface area (Å²) in [6.07, 6.45) is -10.6. The van der Waals surface area contributed by atoms with Crippen molar-refractivity contribution in [3.05, 3.63) is 30.1 Å². The summed E-state index contributed by atoms with van der Waals surface area (Å²) >= 11 is 0. The van der Waals surface area contributed by atoms with Gasteiger partial charge in [-0.1, -0.05) is 6.07 Å². The van der Waals surface area contributed by atoms with Gasteiger partial charge in [-0.3, -0.25) is 14.7 Å². The standard InChI is InChI=1S/C17H26N4O.3C2HF3O2/c1-19(2)11-12-21-16-8-10-20(15(16)6-7-17(21)22)13-14-5-3-4-9-18-14;3*3-2(4,5)1(6)7/h3-5,9,15-16H,6-8,10-13H2,1-2H3;3*(H,6,7)/t15-,16-;;;/m1.../s1. The summed E-state index contributed by atoms with van der Waals surface area (Å²) in [5.74, 6) is -7.93. The van der Waals surface area contributed by atoms with E-state index in [9.17, 15) is 44.3 Å². The van der Waals surface area contributed by atoms with Crippen LogP contribution in [0.15, 0.2) is 24.4 Å². The van der Waals surface area contributed by atoms with Crippen molar-refractivity contribution in [2.45, 2.75) is 56.4 Å². The zero-order valence-corrected chi connectivity index (χ0v) is 22.6. The van der Waals surface area contributed by atoms with Gasteiger partial charge in [0.2, 0.25) is 5.91 Å². The van der Waals surface area contributed by atoms with E-state index >= 15 is 0 Å². The van der Waals surface area contributed by atoms with Crippen molar-refractivity contribution in [1.82, 2.24) is 19.7 Å². The minimum Gasteiger partial charge on any atom is -0.475 e. The smallest absolute Gasteiger partial charge is 0.475 e. The van der Waals surface area contributed by atoms with Gasteiger partial charge < -0.3 is 25.1 Å². The second-order valence-corrected chi connectivity index (χ2v) is 9.05. The minimum atomic E-state index is -5.08. The van der Waals surface area contributed by atoms with E-state index in [4.69, 9.17) is 29.7 Å². The number of rotatable bonds is 5. The molecular weight excluding hydrogens is 615 g/mol. The zero-order valence-electron chi connectivity index (χ0n) is 22.6. The van der Waals surface area contributed by atoms with Crippen LogP contribution in [-0.2, 0) is 25.7 Å². The number of carboxylic acids is 3. The number of aliphatic carboxylic acids is 3. The van der Waals surface area contributed by atoms with Crippen LogP contribution in [0.1, 0.15) is 25.0 Å². The van der Waals surface area contributed by atoms with Gasteiger partial charge in [0.05, 0.1) is 5.69 Å². The summed E-state index contributed by atoms with van der Waals surface area (Å²) in [6, 6.07) is 6.99. The maximum Gasteiger partial charge on any atom is 0.490 e. The molecule has 2 atom stereocenters. The number of piperidine rings is 1. The van der Waals surface area contributed by atoms with E-state index in [1.54, 1.807) is 0 Å². The zero-order chi connectivity index (χ0) is 33.8. The van der Waals surface area contributed by atoms with Crippen molar-refractivity contribution in [3.63, 3.8) is 0 Å². The van der Waals surface area contributed by atoms with E-state index in [2.05, 4.69) is 39.8 Å². The van der Waals surface area contributed by atoms with Gasteiger partial charge in [-0.25, -0.2) is 14.4 Å². The second kappa shape index (κ2) is 16.8. The molecule has 0 aromatic carbocycles. The number of fused-ring (bicyclic) bond motifs is 1. The van der Waals surface area contributed by atoms with Crippen molar-refractivity contribution in [3.8, 4) is 0 Å². The Morgan fingerprint density at radius 1 is 0.860 bits per heavy atom. The molecule has 2 aliphatic heterocycles. The van der Waals surface area contributed by atoms with Crippen LogP contribution in [0, 0.1) is 0 Å². The van der Waals surface area contributed by atoms with Crippen molar-refractivity contribution >= 4 is 23.8 Å². The number of pyridine rings is 1. The Morgan fingerprint density at radius 3 is 1.70 bits per heavy atom. The highest BCUT2D eigenvalue weighted by Gasteiger charge is 2.43. The van der Waals surface area contributed by atoms with Gasteiger partial charge in [0.25, 0.3) is 0 Å². The monoisotopic (exact) mass is 644 g/mol. The predicted octanol–water partition coefficient (Wildman–Crippen LogP) is 3.11. The lowest BCUT2D eigenvalue weighted by atomic mass is 9.96. The SMILES string of the molecule is CN(C)CCN1C(=O)CC[C@@H]2[C@H]1CCN2Cc1ccccn1.O=C(O)C(F)(F)F.O=C(O)C(F)(F)F.O=C(O)C(F)(F)F. The summed E-state index contributed by atoms with van der Waals surface area (Å²) < 4.78 is 95.2. The van der Waals surface area contributed by atoms with E-state index in [1.165, 1.54) is 0 Å². The number of hydrogen-bond acceptors (Lipinski definition) is 7. The van der Waals surface area contributed by atoms with E-state index in [0.717, 1.165) is 44.7 Å². The van der Waals surface area contributed by atoms with Gasteiger partial charge in [0.1, 0.15) is 0 Å². The lowest BCUT2D eigenvalue weighted by Gasteiger charge is -2.40. The fraction of sp³-hybridized carbons (Fsp3) is 0.609. The van der Waals surface area contributed by atoms with Crippen molar-refractivity contribution in [2.75, 3.05) is 33.7 Å². The molecule has 2 saturated heterocycles. The summed E-state index contributed by atoms with van der Waals surface area (Å²) in [5, 5.41) is 21.4. The molecule has 43 heavy (non-hydrogen) atoms. The van der Waals surface area contributed by atoms with Gasteiger partial charge in [-0.15, -0.1) is 0 Å². The fourth-order valence-corrected chi connectivity index (χ4v) is 3.73. The molecule has 0 bridgehead atoms. The third-order valence-electron chi connectivity index (χ3n) is 5.61. The molecule has 1 aromatic rings. The highest BCUT2D eigenvalue weighted by atomic mass is 19.4. The molecule has 0 saturated carbocycles. The largest absolute Gasteiger partial charge is 0.490 e. The molecule has 0 unspecified atom stereocenters. The molecule has 20 heteroatoms. The van der Waals surface area contributed by atoms with Crippen LogP contribution in [0.3, 0.4) is 0 Å². The quantitative estimate of drug-likeness (QED) is 0.408. The molecule has 2 fully saturated rings. The fourth-order valence-electron chi connectivity index (χ4n) is 3.73. The molecule has 3 N–H and O–H groups in total. The van der Waals surface area contributed by atoms with Crippen LogP contribution >= 0.6 is 0 Å². The second-order valence-electron chi connectivity index (χ2n) is 9.05. The third-order valence-corrected chi connectivity index (χ3v) is 5.61. The van der Waals surface area contributed by atoms with Crippen LogP contribution < -0.4 is 0 Å². The summed E-state index contributed by atoms with van der Waals surface area (Å²) in [6.45, 7) is 3.76. The number of aromatic nitrogens is 1. The normalized spacial score (nSPS) is 18.7. The summed E-state index contributed by atoms with van der Waals surface area (Å²) in [7, 11) is 4.13. The number of nitrogens with zero attached hydrogens (tertiary/aromatic N) is 4. The van der Waals surface area contributed by atoms with Gasteiger partial charge in [-0.05, 0) is 39.1 Å². The van der Waals surface area contributed by atoms with Gasteiger partial charge in [0.15, 0.2) is 0 Å². The average molecular weight is 644 g/mol. The Hall–Kier alpha value is -3.68. The molecule has 1 aromatic heterocycles. The molecule has 3 heterocycles. The third kappa shape index (κ3) is 15.4. The van der Waals surface area contributed by atoms with Crippen LogP contribution in [-0.4, -0.2) is 123 Å². The number of likely N-dealkylation sites (tertiary alicyclic amines) is 2. The lowest BCUT2D eigenvalue weighted by molar-refractivity contribution is -0.193. The summed E-state index contributed by atoms with van der Waals surface area (Å²) in [4.78, 5) is 50.2. The Kier molecular flexibility index (Phi) is 15.4. The molecule has 2 aliphatic rings. The van der Waals surface area contributed by atoms with E-state index in [-0.39, 0.29) is 0 Å². The Labute approximate surface area is 238 Å². The van der Waals surface area contributed by atoms with Crippen LogP contribution in [0.4, 0.5) is 39.5 Å². The molecule has 1 amide bonds. The van der Waals surface area contributed by atoms with Gasteiger partial charge in [0, 0.05) is 50.9 Å². The number of alkyl halides is 9. The van der Waals surface area contributed by atoms with E-state index in [0.29, 0.717) is 24.4 Å². The number of halogens is 9. The number of carboxylic acid groups (broad SMARTS) is 3. The van der Waals surface area contributed by atoms with E-state index in [1.807, 2.05) is 18.3 Å². The van der Waals surface area contributed by atoms with Crippen molar-refractivity contribution in [2.24, 2.45) is 0 Å². The maximum absolute atomic E-state index is 12.3. The van der Waals surface area contributed by atoms with Crippen LogP contribution in [0.2, 0.25) is 0 Å². The van der Waals surface area contributed by atoms with Crippen molar-refractivity contribution in [1.29, 1.82) is 0 Å². The number of carbonyl (C=O) groups is 4. The predicted molar refractivity (Wildman–Crippen MR) is 127 cm³/mol. The van der Waals surface area contributed by atoms with Crippen LogP contribution in [0.25, 0.3) is 0 Å². The van der Waals surface area contributed by atoms with Crippen molar-refractivity contribution < 1.29 is 74.0 Å². The highest BCUT2D eigenvalue weighted by molar-refractivity contribution is 5.77. The number of carbonyl (C=O) groups excluding carboxylic acids is 1. The van der Waals surface area contributed by atoms with Gasteiger partial charge >= 0.3 is 36.4 Å². The molecule has 3 rings (SSSR count).